The fraction of sp³-hybridized carbons (Fsp3) is 0.500. The van der Waals surface area contributed by atoms with Crippen molar-refractivity contribution in [3.63, 3.8) is 0 Å². The molecule has 0 radical (unpaired) electrons. The van der Waals surface area contributed by atoms with Gasteiger partial charge >= 0.3 is 0 Å². The zero-order valence-corrected chi connectivity index (χ0v) is 13.4. The van der Waals surface area contributed by atoms with E-state index in [1.165, 1.54) is 4.68 Å². The van der Waals surface area contributed by atoms with Crippen LogP contribution in [-0.4, -0.2) is 31.9 Å². The number of nitrogens with one attached hydrogen (secondary N) is 1. The second-order valence-electron chi connectivity index (χ2n) is 6.45. The van der Waals surface area contributed by atoms with Crippen molar-refractivity contribution in [2.45, 2.75) is 50.5 Å². The quantitative estimate of drug-likeness (QED) is 0.743. The van der Waals surface area contributed by atoms with Gasteiger partial charge in [-0.15, -0.1) is 0 Å². The third-order valence-corrected chi connectivity index (χ3v) is 5.17. The lowest BCUT2D eigenvalue weighted by molar-refractivity contribution is 0.0854. The lowest BCUT2D eigenvalue weighted by Crippen LogP contribution is -2.25. The highest BCUT2D eigenvalue weighted by Crippen LogP contribution is 2.36. The number of hydrogen-bond donors (Lipinski definition) is 3. The molecule has 2 aromatic rings. The van der Waals surface area contributed by atoms with Gasteiger partial charge in [-0.25, -0.2) is 0 Å². The lowest BCUT2D eigenvalue weighted by Gasteiger charge is -2.21. The molecule has 2 atom stereocenters. The van der Waals surface area contributed by atoms with E-state index in [0.717, 1.165) is 41.8 Å². The number of aromatic amines is 1. The fourth-order valence-electron chi connectivity index (χ4n) is 3.78. The Labute approximate surface area is 138 Å². The summed E-state index contributed by atoms with van der Waals surface area (Å²) in [4.78, 5) is 16.1. The first kappa shape index (κ1) is 14.8. The number of aliphatic hydroxyl groups excluding tert-OH is 1. The maximum Gasteiger partial charge on any atom is 0.256 e. The molecule has 0 bridgehead atoms. The summed E-state index contributed by atoms with van der Waals surface area (Å²) in [6.07, 6.45) is 4.00. The van der Waals surface area contributed by atoms with Gasteiger partial charge in [-0.05, 0) is 43.7 Å². The van der Waals surface area contributed by atoms with Gasteiger partial charge in [0.2, 0.25) is 0 Å². The number of aromatic nitrogens is 3. The highest BCUT2D eigenvalue weighted by Gasteiger charge is 2.33. The Hall–Kier alpha value is -1.79. The normalized spacial score (nSPS) is 23.4. The Bertz CT molecular complexity index is 779. The van der Waals surface area contributed by atoms with E-state index in [-0.39, 0.29) is 11.8 Å². The van der Waals surface area contributed by atoms with Crippen LogP contribution in [-0.2, 0) is 19.3 Å². The Balaban J connectivity index is 1.71. The number of carbonyl (C=O) groups excluding carboxylic acids is 1. The van der Waals surface area contributed by atoms with E-state index in [9.17, 15) is 9.90 Å². The molecule has 0 aliphatic heterocycles. The van der Waals surface area contributed by atoms with Crippen molar-refractivity contribution in [1.82, 2.24) is 14.8 Å². The number of halogens is 1. The van der Waals surface area contributed by atoms with Gasteiger partial charge in [0.15, 0.2) is 0 Å². The van der Waals surface area contributed by atoms with Gasteiger partial charge in [0.25, 0.3) is 5.91 Å². The summed E-state index contributed by atoms with van der Waals surface area (Å²) in [6, 6.07) is 1.84. The number of nitrogens with zero attached hydrogens (tertiary/aromatic N) is 2. The number of hydrogen-bond acceptors (Lipinski definition) is 4. The van der Waals surface area contributed by atoms with E-state index >= 15 is 0 Å². The maximum absolute atomic E-state index is 13.0. The van der Waals surface area contributed by atoms with Gasteiger partial charge in [0.05, 0.1) is 17.7 Å². The van der Waals surface area contributed by atoms with E-state index in [0.29, 0.717) is 30.2 Å². The third kappa shape index (κ3) is 2.37. The standard InChI is InChI=1S/C16H19ClN4O2/c17-14-7-10-9(2-1-3-12(10)19-14)16(23)21-15(18)11-6-8(22)4-5-13(11)20-21/h7-9,19,22H,1-6,18H2/t8-,9?/m1/s1. The van der Waals surface area contributed by atoms with Crippen molar-refractivity contribution in [3.8, 4) is 0 Å². The first-order chi connectivity index (χ1) is 11.0. The van der Waals surface area contributed by atoms with Crippen LogP contribution in [0.15, 0.2) is 6.07 Å². The third-order valence-electron chi connectivity index (χ3n) is 4.96. The van der Waals surface area contributed by atoms with E-state index in [4.69, 9.17) is 17.3 Å². The van der Waals surface area contributed by atoms with Crippen LogP contribution >= 0.6 is 11.6 Å². The lowest BCUT2D eigenvalue weighted by atomic mass is 9.86. The number of rotatable bonds is 1. The van der Waals surface area contributed by atoms with Crippen molar-refractivity contribution in [1.29, 1.82) is 0 Å². The summed E-state index contributed by atoms with van der Waals surface area (Å²) in [5.41, 5.74) is 9.80. The fourth-order valence-corrected chi connectivity index (χ4v) is 4.01. The molecule has 0 fully saturated rings. The number of anilines is 1. The smallest absolute Gasteiger partial charge is 0.256 e. The molecule has 0 amide bonds. The van der Waals surface area contributed by atoms with Crippen molar-refractivity contribution in [3.05, 3.63) is 33.7 Å². The Morgan fingerprint density at radius 3 is 3.09 bits per heavy atom. The number of aryl methyl sites for hydroxylation is 2. The van der Waals surface area contributed by atoms with Crippen molar-refractivity contribution in [2.24, 2.45) is 0 Å². The molecular weight excluding hydrogens is 316 g/mol. The Kier molecular flexibility index (Phi) is 3.46. The van der Waals surface area contributed by atoms with E-state index < -0.39 is 6.10 Å². The van der Waals surface area contributed by atoms with Crippen LogP contribution in [0.5, 0.6) is 0 Å². The Morgan fingerprint density at radius 2 is 2.26 bits per heavy atom. The molecule has 23 heavy (non-hydrogen) atoms. The minimum Gasteiger partial charge on any atom is -0.393 e. The number of nitrogens with two attached hydrogens (primary N) is 1. The van der Waals surface area contributed by atoms with Crippen molar-refractivity contribution < 1.29 is 9.90 Å². The number of fused-ring (bicyclic) bond motifs is 2. The van der Waals surface area contributed by atoms with Gasteiger partial charge < -0.3 is 15.8 Å². The van der Waals surface area contributed by atoms with E-state index in [1.54, 1.807) is 0 Å². The minimum atomic E-state index is -0.401. The molecule has 0 saturated carbocycles. The molecule has 1 unspecified atom stereocenters. The second-order valence-corrected chi connectivity index (χ2v) is 6.86. The van der Waals surface area contributed by atoms with Crippen LogP contribution < -0.4 is 5.73 Å². The molecule has 4 rings (SSSR count). The molecule has 0 saturated heterocycles. The topological polar surface area (TPSA) is 96.9 Å². The average Bonchev–Trinajstić information content (AvgIpc) is 3.06. The zero-order chi connectivity index (χ0) is 16.1. The predicted octanol–water partition coefficient (Wildman–Crippen LogP) is 2.06. The molecule has 2 aliphatic rings. The molecular formula is C16H19ClN4O2. The maximum atomic E-state index is 13.0. The number of carbonyl (C=O) groups is 1. The molecule has 0 aromatic carbocycles. The summed E-state index contributed by atoms with van der Waals surface area (Å²) >= 11 is 6.05. The number of aliphatic hydroxyl groups is 1. The first-order valence-corrected chi connectivity index (χ1v) is 8.38. The molecule has 6 nitrogen and oxygen atoms in total. The highest BCUT2D eigenvalue weighted by atomic mass is 35.5. The van der Waals surface area contributed by atoms with Crippen LogP contribution in [0.4, 0.5) is 5.82 Å². The highest BCUT2D eigenvalue weighted by molar-refractivity contribution is 6.29. The van der Waals surface area contributed by atoms with Crippen molar-refractivity contribution in [2.75, 3.05) is 5.73 Å². The van der Waals surface area contributed by atoms with Crippen molar-refractivity contribution >= 4 is 23.3 Å². The van der Waals surface area contributed by atoms with Gasteiger partial charge in [-0.2, -0.15) is 9.78 Å². The predicted molar refractivity (Wildman–Crippen MR) is 86.8 cm³/mol. The molecule has 7 heteroatoms. The van der Waals surface area contributed by atoms with Crippen LogP contribution in [0.1, 0.15) is 52.5 Å². The molecule has 122 valence electrons. The molecule has 2 aromatic heterocycles. The minimum absolute atomic E-state index is 0.108. The van der Waals surface area contributed by atoms with Crippen LogP contribution in [0.2, 0.25) is 5.15 Å². The summed E-state index contributed by atoms with van der Waals surface area (Å²) in [5, 5.41) is 14.8. The van der Waals surface area contributed by atoms with Gasteiger partial charge in [0, 0.05) is 17.7 Å². The van der Waals surface area contributed by atoms with Crippen LogP contribution in [0.25, 0.3) is 0 Å². The molecule has 2 aliphatic carbocycles. The average molecular weight is 335 g/mol. The Morgan fingerprint density at radius 1 is 1.43 bits per heavy atom. The van der Waals surface area contributed by atoms with Gasteiger partial charge in [0.1, 0.15) is 11.0 Å². The monoisotopic (exact) mass is 334 g/mol. The number of nitrogen functional groups attached to an aromatic ring is 1. The van der Waals surface area contributed by atoms with Crippen LogP contribution in [0, 0.1) is 0 Å². The summed E-state index contributed by atoms with van der Waals surface area (Å²) in [7, 11) is 0. The first-order valence-electron chi connectivity index (χ1n) is 8.00. The van der Waals surface area contributed by atoms with E-state index in [1.807, 2.05) is 6.07 Å². The van der Waals surface area contributed by atoms with Gasteiger partial charge in [-0.3, -0.25) is 4.79 Å². The van der Waals surface area contributed by atoms with Gasteiger partial charge in [-0.1, -0.05) is 11.6 Å². The summed E-state index contributed by atoms with van der Waals surface area (Å²) < 4.78 is 1.34. The molecule has 2 heterocycles. The SMILES string of the molecule is Nc1c2c(nn1C(=O)C1CCCc3[nH]c(Cl)cc31)CC[C@@H](O)C2. The molecule has 4 N–H and O–H groups in total. The van der Waals surface area contributed by atoms with Crippen LogP contribution in [0.3, 0.4) is 0 Å². The summed E-state index contributed by atoms with van der Waals surface area (Å²) in [5.74, 6) is -0.00316. The van der Waals surface area contributed by atoms with E-state index in [2.05, 4.69) is 10.1 Å². The second kappa shape index (κ2) is 5.39. The number of H-pyrrole nitrogens is 1. The largest absolute Gasteiger partial charge is 0.393 e. The zero-order valence-electron chi connectivity index (χ0n) is 12.7. The molecule has 0 spiro atoms. The summed E-state index contributed by atoms with van der Waals surface area (Å²) in [6.45, 7) is 0.